The number of para-hydroxylation sites is 2. The molecule has 0 spiro atoms. The van der Waals surface area contributed by atoms with Gasteiger partial charge in [-0.1, -0.05) is 42.5 Å². The second-order valence-electron chi connectivity index (χ2n) is 7.68. The van der Waals surface area contributed by atoms with Crippen LogP contribution in [0.15, 0.2) is 90.3 Å². The third-order valence-corrected chi connectivity index (χ3v) is 6.85. The number of benzene rings is 3. The molecular weight excluding hydrogens is 436 g/mol. The predicted molar refractivity (Wildman–Crippen MR) is 128 cm³/mol. The smallest absolute Gasteiger partial charge is 0.262 e. The van der Waals surface area contributed by atoms with Crippen molar-refractivity contribution in [1.82, 2.24) is 14.9 Å². The first-order valence-corrected chi connectivity index (χ1v) is 11.9. The Morgan fingerprint density at radius 1 is 0.970 bits per heavy atom. The molecule has 1 heterocycles. The summed E-state index contributed by atoms with van der Waals surface area (Å²) in [6.45, 7) is 3.82. The largest absolute Gasteiger partial charge is 0.348 e. The first kappa shape index (κ1) is 22.3. The Morgan fingerprint density at radius 2 is 1.73 bits per heavy atom. The molecular formula is C25H24N4O3S. The minimum atomic E-state index is -3.87. The van der Waals surface area contributed by atoms with E-state index in [1.165, 1.54) is 6.07 Å². The van der Waals surface area contributed by atoms with Gasteiger partial charge in [-0.15, -0.1) is 0 Å². The highest BCUT2D eigenvalue weighted by molar-refractivity contribution is 7.92. The lowest BCUT2D eigenvalue weighted by Gasteiger charge is -2.14. The molecule has 7 nitrogen and oxygen atoms in total. The molecule has 4 rings (SSSR count). The molecule has 0 saturated carbocycles. The number of carbonyl (C=O) groups is 1. The molecule has 2 N–H and O–H groups in total. The maximum atomic E-state index is 13.1. The van der Waals surface area contributed by atoms with E-state index in [1.54, 1.807) is 43.7 Å². The van der Waals surface area contributed by atoms with Crippen molar-refractivity contribution >= 4 is 21.6 Å². The third kappa shape index (κ3) is 4.96. The van der Waals surface area contributed by atoms with Gasteiger partial charge < -0.3 is 9.88 Å². The van der Waals surface area contributed by atoms with E-state index >= 15 is 0 Å². The molecule has 1 aromatic heterocycles. The molecule has 0 fully saturated rings. The van der Waals surface area contributed by atoms with Crippen LogP contribution in [0.1, 0.15) is 27.0 Å². The molecule has 4 aromatic rings. The Balaban J connectivity index is 1.55. The number of hydrogen-bond acceptors (Lipinski definition) is 4. The first-order chi connectivity index (χ1) is 15.8. The van der Waals surface area contributed by atoms with E-state index in [4.69, 9.17) is 0 Å². The lowest BCUT2D eigenvalue weighted by atomic mass is 10.1. The Bertz CT molecular complexity index is 1400. The number of nitrogens with zero attached hydrogens (tertiary/aromatic N) is 2. The monoisotopic (exact) mass is 460 g/mol. The van der Waals surface area contributed by atoms with Crippen molar-refractivity contribution in [2.24, 2.45) is 0 Å². The SMILES string of the molecule is Cc1ccccc1NS(=O)(=O)c1cc(C(=O)NCc2ccccc2-n2ccnc2)ccc1C. The van der Waals surface area contributed by atoms with Gasteiger partial charge >= 0.3 is 0 Å². The highest BCUT2D eigenvalue weighted by atomic mass is 32.2. The van der Waals surface area contributed by atoms with Crippen LogP contribution < -0.4 is 10.0 Å². The van der Waals surface area contributed by atoms with Gasteiger partial charge in [-0.3, -0.25) is 9.52 Å². The van der Waals surface area contributed by atoms with Crippen LogP contribution in [-0.4, -0.2) is 23.9 Å². The number of aromatic nitrogens is 2. The van der Waals surface area contributed by atoms with E-state index in [0.29, 0.717) is 11.3 Å². The summed E-state index contributed by atoms with van der Waals surface area (Å²) in [4.78, 5) is 17.0. The first-order valence-electron chi connectivity index (χ1n) is 10.4. The zero-order chi connectivity index (χ0) is 23.4. The van der Waals surface area contributed by atoms with Gasteiger partial charge in [0, 0.05) is 24.5 Å². The summed E-state index contributed by atoms with van der Waals surface area (Å²) in [5.74, 6) is -0.359. The Labute approximate surface area is 193 Å². The van der Waals surface area contributed by atoms with E-state index in [9.17, 15) is 13.2 Å². The zero-order valence-corrected chi connectivity index (χ0v) is 19.1. The van der Waals surface area contributed by atoms with E-state index in [1.807, 2.05) is 54.1 Å². The molecule has 0 radical (unpaired) electrons. The highest BCUT2D eigenvalue weighted by Gasteiger charge is 2.20. The summed E-state index contributed by atoms with van der Waals surface area (Å²) in [7, 11) is -3.87. The fourth-order valence-corrected chi connectivity index (χ4v) is 4.91. The maximum absolute atomic E-state index is 13.1. The molecule has 0 aliphatic heterocycles. The molecule has 1 amide bonds. The maximum Gasteiger partial charge on any atom is 0.262 e. The molecule has 0 bridgehead atoms. The number of anilines is 1. The third-order valence-electron chi connectivity index (χ3n) is 5.34. The van der Waals surface area contributed by atoms with Gasteiger partial charge in [-0.25, -0.2) is 13.4 Å². The summed E-state index contributed by atoms with van der Waals surface area (Å²) in [5, 5.41) is 2.89. The number of sulfonamides is 1. The normalized spacial score (nSPS) is 11.2. The molecule has 33 heavy (non-hydrogen) atoms. The van der Waals surface area contributed by atoms with Crippen molar-refractivity contribution in [3.8, 4) is 5.69 Å². The van der Waals surface area contributed by atoms with Crippen LogP contribution >= 0.6 is 0 Å². The van der Waals surface area contributed by atoms with Crippen LogP contribution in [0.5, 0.6) is 0 Å². The van der Waals surface area contributed by atoms with Gasteiger partial charge in [0.15, 0.2) is 0 Å². The Morgan fingerprint density at radius 3 is 2.48 bits per heavy atom. The fraction of sp³-hybridized carbons (Fsp3) is 0.120. The van der Waals surface area contributed by atoms with Crippen molar-refractivity contribution in [2.45, 2.75) is 25.3 Å². The fourth-order valence-electron chi connectivity index (χ4n) is 3.51. The average Bonchev–Trinajstić information content (AvgIpc) is 3.34. The summed E-state index contributed by atoms with van der Waals surface area (Å²) in [6, 6.07) is 19.5. The quantitative estimate of drug-likeness (QED) is 0.432. The number of aryl methyl sites for hydroxylation is 2. The van der Waals surface area contributed by atoms with Gasteiger partial charge in [0.25, 0.3) is 15.9 Å². The average molecular weight is 461 g/mol. The number of carbonyl (C=O) groups excluding carboxylic acids is 1. The van der Waals surface area contributed by atoms with E-state index in [-0.39, 0.29) is 22.9 Å². The summed E-state index contributed by atoms with van der Waals surface area (Å²) in [6.07, 6.45) is 5.22. The Hall–Kier alpha value is -3.91. The van der Waals surface area contributed by atoms with Crippen molar-refractivity contribution < 1.29 is 13.2 Å². The topological polar surface area (TPSA) is 93.1 Å². The van der Waals surface area contributed by atoms with Gasteiger partial charge in [-0.05, 0) is 54.8 Å². The molecule has 0 atom stereocenters. The zero-order valence-electron chi connectivity index (χ0n) is 18.3. The Kier molecular flexibility index (Phi) is 6.28. The van der Waals surface area contributed by atoms with Crippen molar-refractivity contribution in [1.29, 1.82) is 0 Å². The lowest BCUT2D eigenvalue weighted by molar-refractivity contribution is 0.0950. The number of rotatable bonds is 7. The van der Waals surface area contributed by atoms with Gasteiger partial charge in [-0.2, -0.15) is 0 Å². The lowest BCUT2D eigenvalue weighted by Crippen LogP contribution is -2.24. The number of nitrogens with one attached hydrogen (secondary N) is 2. The minimum absolute atomic E-state index is 0.0669. The molecule has 0 aliphatic rings. The van der Waals surface area contributed by atoms with Crippen LogP contribution in [0.3, 0.4) is 0 Å². The van der Waals surface area contributed by atoms with Crippen molar-refractivity contribution in [3.63, 3.8) is 0 Å². The van der Waals surface area contributed by atoms with Crippen molar-refractivity contribution in [3.05, 3.63) is 108 Å². The van der Waals surface area contributed by atoms with Gasteiger partial charge in [0.05, 0.1) is 22.6 Å². The van der Waals surface area contributed by atoms with Crippen LogP contribution in [0.4, 0.5) is 5.69 Å². The van der Waals surface area contributed by atoms with Gasteiger partial charge in [0.2, 0.25) is 0 Å². The highest BCUT2D eigenvalue weighted by Crippen LogP contribution is 2.23. The van der Waals surface area contributed by atoms with E-state index in [2.05, 4.69) is 15.0 Å². The second kappa shape index (κ2) is 9.30. The predicted octanol–water partition coefficient (Wildman–Crippen LogP) is 4.22. The van der Waals surface area contributed by atoms with Crippen LogP contribution in [-0.2, 0) is 16.6 Å². The van der Waals surface area contributed by atoms with Crippen LogP contribution in [0.2, 0.25) is 0 Å². The van der Waals surface area contributed by atoms with Gasteiger partial charge in [0.1, 0.15) is 0 Å². The van der Waals surface area contributed by atoms with Crippen LogP contribution in [0, 0.1) is 13.8 Å². The minimum Gasteiger partial charge on any atom is -0.348 e. The number of hydrogen-bond donors (Lipinski definition) is 2. The number of imidazole rings is 1. The summed E-state index contributed by atoms with van der Waals surface area (Å²) in [5.41, 5.74) is 3.95. The van der Waals surface area contributed by atoms with E-state index < -0.39 is 10.0 Å². The second-order valence-corrected chi connectivity index (χ2v) is 9.33. The molecule has 8 heteroatoms. The van der Waals surface area contributed by atoms with Crippen molar-refractivity contribution in [2.75, 3.05) is 4.72 Å². The molecule has 168 valence electrons. The molecule has 0 unspecified atom stereocenters. The standard InChI is InChI=1S/C25H24N4O3S/c1-18-7-3-5-9-22(18)28-33(31,32)24-15-20(12-11-19(24)2)25(30)27-16-21-8-4-6-10-23(21)29-14-13-26-17-29/h3-15,17,28H,16H2,1-2H3,(H,27,30). The molecule has 3 aromatic carbocycles. The van der Waals surface area contributed by atoms with E-state index in [0.717, 1.165) is 16.8 Å². The number of amides is 1. The summed E-state index contributed by atoms with van der Waals surface area (Å²) >= 11 is 0. The molecule has 0 saturated heterocycles. The van der Waals surface area contributed by atoms with Crippen LogP contribution in [0.25, 0.3) is 5.69 Å². The molecule has 0 aliphatic carbocycles. The summed E-state index contributed by atoms with van der Waals surface area (Å²) < 4.78 is 30.6.